The van der Waals surface area contributed by atoms with Gasteiger partial charge >= 0.3 is 11.9 Å². The van der Waals surface area contributed by atoms with Gasteiger partial charge in [0.2, 0.25) is 0 Å². The Labute approximate surface area is 58.4 Å². The van der Waals surface area contributed by atoms with Crippen molar-refractivity contribution >= 4 is 11.9 Å². The highest BCUT2D eigenvalue weighted by molar-refractivity contribution is 6.14. The van der Waals surface area contributed by atoms with E-state index in [1.54, 1.807) is 0 Å². The first-order valence-electron chi connectivity index (χ1n) is 3.52. The molecular formula is C7H8O3. The van der Waals surface area contributed by atoms with E-state index in [0.717, 1.165) is 12.8 Å². The topological polar surface area (TPSA) is 43.4 Å². The van der Waals surface area contributed by atoms with Gasteiger partial charge in [-0.3, -0.25) is 9.59 Å². The minimum Gasteiger partial charge on any atom is -0.391 e. The molecule has 2 rings (SSSR count). The number of hydrogen-bond acceptors (Lipinski definition) is 3. The molecule has 0 aromatic carbocycles. The van der Waals surface area contributed by atoms with Crippen LogP contribution in [0.25, 0.3) is 0 Å². The molecule has 0 aromatic heterocycles. The number of carbonyl (C=O) groups is 2. The highest BCUT2D eigenvalue weighted by Gasteiger charge is 2.59. The largest absolute Gasteiger partial charge is 0.391 e. The Hall–Kier alpha value is -0.860. The third kappa shape index (κ3) is 0.462. The standard InChI is InChI=1S/C7H8O3/c8-5-7(6(9)10-5)3-1-2-4-7/h1-4H2. The SMILES string of the molecule is O=C1OC(=O)C12CCCC2. The van der Waals surface area contributed by atoms with Gasteiger partial charge in [0.1, 0.15) is 0 Å². The minimum atomic E-state index is -0.667. The van der Waals surface area contributed by atoms with Crippen molar-refractivity contribution in [2.45, 2.75) is 25.7 Å². The van der Waals surface area contributed by atoms with E-state index in [4.69, 9.17) is 0 Å². The molecule has 3 heteroatoms. The third-order valence-corrected chi connectivity index (χ3v) is 2.42. The van der Waals surface area contributed by atoms with Gasteiger partial charge in [0.15, 0.2) is 5.41 Å². The van der Waals surface area contributed by atoms with Gasteiger partial charge in [-0.05, 0) is 12.8 Å². The summed E-state index contributed by atoms with van der Waals surface area (Å²) in [6, 6.07) is 0. The van der Waals surface area contributed by atoms with Crippen LogP contribution in [0.1, 0.15) is 25.7 Å². The molecule has 2 fully saturated rings. The monoisotopic (exact) mass is 140 g/mol. The lowest BCUT2D eigenvalue weighted by Gasteiger charge is -2.31. The maximum absolute atomic E-state index is 10.8. The number of carbonyl (C=O) groups excluding carboxylic acids is 2. The summed E-state index contributed by atoms with van der Waals surface area (Å²) in [5, 5.41) is 0. The average molecular weight is 140 g/mol. The number of ether oxygens (including phenoxy) is 1. The number of rotatable bonds is 0. The van der Waals surface area contributed by atoms with Gasteiger partial charge in [0.05, 0.1) is 0 Å². The number of hydrogen-bond donors (Lipinski definition) is 0. The van der Waals surface area contributed by atoms with Gasteiger partial charge < -0.3 is 4.74 Å². The van der Waals surface area contributed by atoms with E-state index < -0.39 is 5.41 Å². The normalized spacial score (nSPS) is 28.4. The second-order valence-corrected chi connectivity index (χ2v) is 2.97. The van der Waals surface area contributed by atoms with Crippen LogP contribution >= 0.6 is 0 Å². The summed E-state index contributed by atoms with van der Waals surface area (Å²) in [5.41, 5.74) is -0.667. The first-order chi connectivity index (χ1) is 4.76. The Balaban J connectivity index is 2.27. The predicted molar refractivity (Wildman–Crippen MR) is 32.0 cm³/mol. The van der Waals surface area contributed by atoms with Gasteiger partial charge in [0, 0.05) is 0 Å². The van der Waals surface area contributed by atoms with Crippen LogP contribution in [-0.2, 0) is 14.3 Å². The molecule has 0 atom stereocenters. The summed E-state index contributed by atoms with van der Waals surface area (Å²) in [7, 11) is 0. The van der Waals surface area contributed by atoms with Crippen LogP contribution in [0.3, 0.4) is 0 Å². The zero-order valence-corrected chi connectivity index (χ0v) is 5.55. The van der Waals surface area contributed by atoms with Crippen LogP contribution in [-0.4, -0.2) is 11.9 Å². The van der Waals surface area contributed by atoms with Crippen LogP contribution in [0.15, 0.2) is 0 Å². The maximum Gasteiger partial charge on any atom is 0.331 e. The quantitative estimate of drug-likeness (QED) is 0.366. The van der Waals surface area contributed by atoms with Crippen LogP contribution in [0.5, 0.6) is 0 Å². The Morgan fingerprint density at radius 3 is 1.90 bits per heavy atom. The van der Waals surface area contributed by atoms with Crippen molar-refractivity contribution in [3.63, 3.8) is 0 Å². The average Bonchev–Trinajstić information content (AvgIpc) is 2.37. The second kappa shape index (κ2) is 1.59. The lowest BCUT2D eigenvalue weighted by molar-refractivity contribution is -0.196. The summed E-state index contributed by atoms with van der Waals surface area (Å²) in [6.07, 6.45) is 3.40. The van der Waals surface area contributed by atoms with E-state index in [9.17, 15) is 9.59 Å². The molecule has 0 unspecified atom stereocenters. The van der Waals surface area contributed by atoms with Gasteiger partial charge in [-0.15, -0.1) is 0 Å². The Morgan fingerprint density at radius 2 is 1.60 bits per heavy atom. The molecule has 0 bridgehead atoms. The van der Waals surface area contributed by atoms with Crippen molar-refractivity contribution in [3.8, 4) is 0 Å². The van der Waals surface area contributed by atoms with Crippen molar-refractivity contribution in [1.82, 2.24) is 0 Å². The molecule has 1 spiro atoms. The van der Waals surface area contributed by atoms with Crippen molar-refractivity contribution in [2.75, 3.05) is 0 Å². The van der Waals surface area contributed by atoms with Crippen molar-refractivity contribution in [2.24, 2.45) is 5.41 Å². The summed E-state index contributed by atoms with van der Waals surface area (Å²) in [6.45, 7) is 0. The molecule has 1 aliphatic carbocycles. The number of cyclic esters (lactones) is 2. The lowest BCUT2D eigenvalue weighted by atomic mass is 9.82. The molecule has 1 saturated heterocycles. The van der Waals surface area contributed by atoms with E-state index in [2.05, 4.69) is 4.74 Å². The van der Waals surface area contributed by atoms with Gasteiger partial charge in [0.25, 0.3) is 0 Å². The summed E-state index contributed by atoms with van der Waals surface area (Å²) in [5.74, 6) is -0.593. The highest BCUT2D eigenvalue weighted by atomic mass is 16.6. The van der Waals surface area contributed by atoms with Crippen molar-refractivity contribution in [1.29, 1.82) is 0 Å². The molecule has 2 aliphatic rings. The molecule has 1 aliphatic heterocycles. The zero-order chi connectivity index (χ0) is 7.19. The van der Waals surface area contributed by atoms with Crippen molar-refractivity contribution in [3.05, 3.63) is 0 Å². The Morgan fingerprint density at radius 1 is 1.10 bits per heavy atom. The van der Waals surface area contributed by atoms with Gasteiger partial charge in [-0.2, -0.15) is 0 Å². The lowest BCUT2D eigenvalue weighted by Crippen LogP contribution is -2.51. The molecule has 0 radical (unpaired) electrons. The van der Waals surface area contributed by atoms with Gasteiger partial charge in [-0.1, -0.05) is 12.8 Å². The Kier molecular flexibility index (Phi) is 0.938. The number of esters is 2. The third-order valence-electron chi connectivity index (χ3n) is 2.42. The maximum atomic E-state index is 10.8. The van der Waals surface area contributed by atoms with Crippen LogP contribution in [0, 0.1) is 5.41 Å². The summed E-state index contributed by atoms with van der Waals surface area (Å²) >= 11 is 0. The zero-order valence-electron chi connectivity index (χ0n) is 5.55. The van der Waals surface area contributed by atoms with Gasteiger partial charge in [-0.25, -0.2) is 0 Å². The molecular weight excluding hydrogens is 132 g/mol. The van der Waals surface area contributed by atoms with E-state index in [1.807, 2.05) is 0 Å². The Bertz CT molecular complexity index is 185. The smallest absolute Gasteiger partial charge is 0.331 e. The molecule has 1 heterocycles. The summed E-state index contributed by atoms with van der Waals surface area (Å²) < 4.78 is 4.30. The first kappa shape index (κ1) is 5.89. The van der Waals surface area contributed by atoms with Crippen LogP contribution < -0.4 is 0 Å². The molecule has 3 nitrogen and oxygen atoms in total. The highest BCUT2D eigenvalue weighted by Crippen LogP contribution is 2.45. The summed E-state index contributed by atoms with van der Waals surface area (Å²) in [4.78, 5) is 21.6. The molecule has 54 valence electrons. The molecule has 0 N–H and O–H groups in total. The fourth-order valence-electron chi connectivity index (χ4n) is 1.70. The molecule has 1 saturated carbocycles. The minimum absolute atomic E-state index is 0.296. The van der Waals surface area contributed by atoms with E-state index in [0.29, 0.717) is 12.8 Å². The van der Waals surface area contributed by atoms with Crippen molar-refractivity contribution < 1.29 is 14.3 Å². The molecule has 0 amide bonds. The molecule has 0 aromatic rings. The van der Waals surface area contributed by atoms with E-state index in [1.165, 1.54) is 0 Å². The van der Waals surface area contributed by atoms with E-state index >= 15 is 0 Å². The molecule has 10 heavy (non-hydrogen) atoms. The fourth-order valence-corrected chi connectivity index (χ4v) is 1.70. The predicted octanol–water partition coefficient (Wildman–Crippen LogP) is 0.630. The second-order valence-electron chi connectivity index (χ2n) is 2.97. The van der Waals surface area contributed by atoms with Crippen LogP contribution in [0.4, 0.5) is 0 Å². The first-order valence-corrected chi connectivity index (χ1v) is 3.52. The van der Waals surface area contributed by atoms with Crippen LogP contribution in [0.2, 0.25) is 0 Å². The van der Waals surface area contributed by atoms with E-state index in [-0.39, 0.29) is 11.9 Å². The fraction of sp³-hybridized carbons (Fsp3) is 0.714.